The molecule has 1 aliphatic rings. The van der Waals surface area contributed by atoms with Crippen molar-refractivity contribution in [2.75, 3.05) is 6.61 Å². The van der Waals surface area contributed by atoms with E-state index in [0.717, 1.165) is 18.2 Å². The number of benzene rings is 1. The number of cyclic esters (lactones) is 1. The Morgan fingerprint density at radius 3 is 2.67 bits per heavy atom. The quantitative estimate of drug-likeness (QED) is 0.791. The van der Waals surface area contributed by atoms with Crippen molar-refractivity contribution in [3.05, 3.63) is 35.1 Å². The van der Waals surface area contributed by atoms with Gasteiger partial charge >= 0.3 is 12.3 Å². The third kappa shape index (κ3) is 2.39. The molecule has 0 bridgehead atoms. The maximum absolute atomic E-state index is 13.6. The SMILES string of the molecule is O=C1N[C@@H](c2c(F)cccc2C(F)(F)F)CCO1. The molecule has 0 spiro atoms. The highest BCUT2D eigenvalue weighted by Crippen LogP contribution is 2.37. The molecule has 1 atom stereocenters. The van der Waals surface area contributed by atoms with Crippen LogP contribution in [0.15, 0.2) is 18.2 Å². The molecule has 0 saturated carbocycles. The number of carbonyl (C=O) groups is 1. The number of ether oxygens (including phenoxy) is 1. The monoisotopic (exact) mass is 263 g/mol. The lowest BCUT2D eigenvalue weighted by molar-refractivity contribution is -0.138. The number of halogens is 4. The molecule has 1 aliphatic heterocycles. The van der Waals surface area contributed by atoms with Crippen LogP contribution in [0.2, 0.25) is 0 Å². The van der Waals surface area contributed by atoms with Crippen molar-refractivity contribution in [1.29, 1.82) is 0 Å². The van der Waals surface area contributed by atoms with E-state index in [2.05, 4.69) is 10.1 Å². The van der Waals surface area contributed by atoms with Crippen molar-refractivity contribution in [2.45, 2.75) is 18.6 Å². The van der Waals surface area contributed by atoms with Crippen LogP contribution in [0, 0.1) is 5.82 Å². The first-order valence-electron chi connectivity index (χ1n) is 5.18. The van der Waals surface area contributed by atoms with Gasteiger partial charge in [-0.15, -0.1) is 0 Å². The van der Waals surface area contributed by atoms with E-state index in [1.54, 1.807) is 0 Å². The Morgan fingerprint density at radius 1 is 1.33 bits per heavy atom. The van der Waals surface area contributed by atoms with E-state index >= 15 is 0 Å². The van der Waals surface area contributed by atoms with Gasteiger partial charge in [-0.3, -0.25) is 0 Å². The zero-order valence-corrected chi connectivity index (χ0v) is 9.05. The molecule has 0 radical (unpaired) electrons. The second-order valence-corrected chi connectivity index (χ2v) is 3.82. The average molecular weight is 263 g/mol. The van der Waals surface area contributed by atoms with Gasteiger partial charge in [-0.1, -0.05) is 6.07 Å². The lowest BCUT2D eigenvalue weighted by atomic mass is 9.96. The number of nitrogens with one attached hydrogen (secondary N) is 1. The van der Waals surface area contributed by atoms with Crippen LogP contribution in [0.4, 0.5) is 22.4 Å². The molecule has 1 amide bonds. The fourth-order valence-corrected chi connectivity index (χ4v) is 1.88. The van der Waals surface area contributed by atoms with Gasteiger partial charge in [-0.25, -0.2) is 9.18 Å². The molecule has 0 aromatic heterocycles. The van der Waals surface area contributed by atoms with E-state index in [-0.39, 0.29) is 13.0 Å². The molecule has 2 rings (SSSR count). The molecule has 18 heavy (non-hydrogen) atoms. The highest BCUT2D eigenvalue weighted by atomic mass is 19.4. The van der Waals surface area contributed by atoms with E-state index in [4.69, 9.17) is 0 Å². The summed E-state index contributed by atoms with van der Waals surface area (Å²) >= 11 is 0. The minimum atomic E-state index is -4.67. The molecule has 98 valence electrons. The Morgan fingerprint density at radius 2 is 2.06 bits per heavy atom. The van der Waals surface area contributed by atoms with Gasteiger partial charge < -0.3 is 10.1 Å². The van der Waals surface area contributed by atoms with Crippen molar-refractivity contribution < 1.29 is 27.1 Å². The minimum absolute atomic E-state index is 0.0396. The summed E-state index contributed by atoms with van der Waals surface area (Å²) in [5.41, 5.74) is -1.61. The van der Waals surface area contributed by atoms with Crippen LogP contribution in [-0.4, -0.2) is 12.7 Å². The largest absolute Gasteiger partial charge is 0.449 e. The molecule has 1 fully saturated rings. The highest BCUT2D eigenvalue weighted by molar-refractivity contribution is 5.68. The molecule has 1 saturated heterocycles. The summed E-state index contributed by atoms with van der Waals surface area (Å²) in [7, 11) is 0. The number of carbonyl (C=O) groups excluding carboxylic acids is 1. The third-order valence-electron chi connectivity index (χ3n) is 2.64. The molecule has 0 aliphatic carbocycles. The Hall–Kier alpha value is -1.79. The Bertz CT molecular complexity index is 473. The van der Waals surface area contributed by atoms with E-state index in [0.29, 0.717) is 0 Å². The van der Waals surface area contributed by atoms with Gasteiger partial charge in [0.15, 0.2) is 0 Å². The smallest absolute Gasteiger partial charge is 0.416 e. The van der Waals surface area contributed by atoms with Crippen molar-refractivity contribution in [3.63, 3.8) is 0 Å². The number of rotatable bonds is 1. The average Bonchev–Trinajstić information content (AvgIpc) is 2.27. The fraction of sp³-hybridized carbons (Fsp3) is 0.364. The minimum Gasteiger partial charge on any atom is -0.449 e. The maximum atomic E-state index is 13.6. The normalized spacial score (nSPS) is 20.2. The van der Waals surface area contributed by atoms with Crippen LogP contribution >= 0.6 is 0 Å². The number of alkyl halides is 3. The van der Waals surface area contributed by atoms with Gasteiger partial charge in [-0.05, 0) is 12.1 Å². The molecular weight excluding hydrogens is 254 g/mol. The first kappa shape index (κ1) is 12.7. The number of hydrogen-bond donors (Lipinski definition) is 1. The second kappa shape index (κ2) is 4.47. The molecule has 3 nitrogen and oxygen atoms in total. The predicted octanol–water partition coefficient (Wildman–Crippen LogP) is 3.02. The summed E-state index contributed by atoms with van der Waals surface area (Å²) in [5, 5.41) is 2.18. The summed E-state index contributed by atoms with van der Waals surface area (Å²) in [6.07, 6.45) is -5.42. The van der Waals surface area contributed by atoms with Crippen LogP contribution in [0.5, 0.6) is 0 Å². The predicted molar refractivity (Wildman–Crippen MR) is 53.2 cm³/mol. The maximum Gasteiger partial charge on any atom is 0.416 e. The van der Waals surface area contributed by atoms with Gasteiger partial charge in [0.25, 0.3) is 0 Å². The molecule has 0 unspecified atom stereocenters. The molecular formula is C11H9F4NO2. The summed E-state index contributed by atoms with van der Waals surface area (Å²) in [4.78, 5) is 11.0. The van der Waals surface area contributed by atoms with Crippen molar-refractivity contribution in [1.82, 2.24) is 5.32 Å². The fourth-order valence-electron chi connectivity index (χ4n) is 1.88. The van der Waals surface area contributed by atoms with E-state index in [1.807, 2.05) is 0 Å². The molecule has 1 aromatic rings. The van der Waals surface area contributed by atoms with Gasteiger partial charge in [0.2, 0.25) is 0 Å². The van der Waals surface area contributed by atoms with Gasteiger partial charge in [-0.2, -0.15) is 13.2 Å². The molecule has 1 heterocycles. The number of alkyl carbamates (subject to hydrolysis) is 1. The summed E-state index contributed by atoms with van der Waals surface area (Å²) in [5.74, 6) is -0.989. The van der Waals surface area contributed by atoms with Crippen molar-refractivity contribution >= 4 is 6.09 Å². The summed E-state index contributed by atoms with van der Waals surface area (Å²) < 4.78 is 56.5. The van der Waals surface area contributed by atoms with Gasteiger partial charge in [0.05, 0.1) is 18.2 Å². The van der Waals surface area contributed by atoms with Crippen LogP contribution in [-0.2, 0) is 10.9 Å². The summed E-state index contributed by atoms with van der Waals surface area (Å²) in [6.45, 7) is -0.0396. The first-order valence-corrected chi connectivity index (χ1v) is 5.18. The van der Waals surface area contributed by atoms with Gasteiger partial charge in [0.1, 0.15) is 5.82 Å². The number of amides is 1. The van der Waals surface area contributed by atoms with Crippen LogP contribution in [0.1, 0.15) is 23.6 Å². The van der Waals surface area contributed by atoms with Crippen LogP contribution in [0.3, 0.4) is 0 Å². The summed E-state index contributed by atoms with van der Waals surface area (Å²) in [6, 6.07) is 1.69. The van der Waals surface area contributed by atoms with Crippen LogP contribution in [0.25, 0.3) is 0 Å². The van der Waals surface area contributed by atoms with Crippen molar-refractivity contribution in [2.24, 2.45) is 0 Å². The molecule has 1 N–H and O–H groups in total. The molecule has 7 heteroatoms. The van der Waals surface area contributed by atoms with E-state index < -0.39 is 35.3 Å². The van der Waals surface area contributed by atoms with Crippen molar-refractivity contribution in [3.8, 4) is 0 Å². The first-order chi connectivity index (χ1) is 8.39. The lowest BCUT2D eigenvalue weighted by Gasteiger charge is -2.26. The van der Waals surface area contributed by atoms with Crippen LogP contribution < -0.4 is 5.32 Å². The van der Waals surface area contributed by atoms with E-state index in [9.17, 15) is 22.4 Å². The number of hydrogen-bond acceptors (Lipinski definition) is 2. The van der Waals surface area contributed by atoms with Gasteiger partial charge in [0, 0.05) is 12.0 Å². The zero-order chi connectivity index (χ0) is 13.3. The Balaban J connectivity index is 2.45. The Kier molecular flexibility index (Phi) is 3.14. The second-order valence-electron chi connectivity index (χ2n) is 3.82. The van der Waals surface area contributed by atoms with E-state index in [1.165, 1.54) is 0 Å². The molecule has 1 aromatic carbocycles. The lowest BCUT2D eigenvalue weighted by Crippen LogP contribution is -2.36. The highest BCUT2D eigenvalue weighted by Gasteiger charge is 2.38. The Labute approximate surface area is 99.7 Å². The third-order valence-corrected chi connectivity index (χ3v) is 2.64. The topological polar surface area (TPSA) is 38.3 Å². The zero-order valence-electron chi connectivity index (χ0n) is 9.05. The standard InChI is InChI=1S/C11H9F4NO2/c12-7-3-1-2-6(11(13,14)15)9(7)8-4-5-18-10(17)16-8/h1-3,8H,4-5H2,(H,16,17)/t8-/m1/s1.